The minimum Gasteiger partial charge on any atom is -0.345 e. The van der Waals surface area contributed by atoms with Crippen molar-refractivity contribution in [2.75, 3.05) is 39.5 Å². The van der Waals surface area contributed by atoms with Crippen molar-refractivity contribution in [3.05, 3.63) is 65.7 Å². The summed E-state index contributed by atoms with van der Waals surface area (Å²) in [6.07, 6.45) is 2.00. The van der Waals surface area contributed by atoms with Gasteiger partial charge >= 0.3 is 0 Å². The number of anilines is 1. The molecule has 138 valence electrons. The summed E-state index contributed by atoms with van der Waals surface area (Å²) < 4.78 is 0. The first-order valence-electron chi connectivity index (χ1n) is 8.80. The second-order valence-electron chi connectivity index (χ2n) is 6.66. The third kappa shape index (κ3) is 6.33. The Morgan fingerprint density at radius 3 is 2.38 bits per heavy atom. The topological polar surface area (TPSA) is 52.7 Å². The largest absolute Gasteiger partial charge is 0.345 e. The van der Waals surface area contributed by atoms with Crippen LogP contribution in [0.1, 0.15) is 22.3 Å². The molecular formula is C21H27N3O2. The molecule has 2 rings (SSSR count). The molecular weight excluding hydrogens is 326 g/mol. The Kier molecular flexibility index (Phi) is 7.36. The molecule has 0 spiro atoms. The summed E-state index contributed by atoms with van der Waals surface area (Å²) in [5, 5.41) is 2.86. The first-order valence-corrected chi connectivity index (χ1v) is 8.80. The summed E-state index contributed by atoms with van der Waals surface area (Å²) in [6, 6.07) is 17.4. The Bertz CT molecular complexity index is 729. The fourth-order valence-electron chi connectivity index (χ4n) is 2.71. The molecule has 0 heterocycles. The third-order valence-corrected chi connectivity index (χ3v) is 4.06. The van der Waals surface area contributed by atoms with Crippen molar-refractivity contribution in [2.45, 2.75) is 12.8 Å². The number of rotatable bonds is 8. The maximum Gasteiger partial charge on any atom is 0.253 e. The van der Waals surface area contributed by atoms with Crippen LogP contribution < -0.4 is 5.32 Å². The number of carbonyl (C=O) groups excluding carboxylic acids is 2. The van der Waals surface area contributed by atoms with Gasteiger partial charge in [0.25, 0.3) is 5.91 Å². The molecule has 0 aliphatic rings. The molecule has 0 aromatic heterocycles. The number of likely N-dealkylation sites (N-methyl/N-ethyl adjacent to an activating group) is 1. The van der Waals surface area contributed by atoms with Crippen LogP contribution in [0.3, 0.4) is 0 Å². The minimum absolute atomic E-state index is 0.0818. The quantitative estimate of drug-likeness (QED) is 0.794. The number of carbonyl (C=O) groups is 2. The molecule has 0 bridgehead atoms. The Labute approximate surface area is 155 Å². The van der Waals surface area contributed by atoms with Crippen molar-refractivity contribution >= 4 is 17.5 Å². The molecule has 2 amide bonds. The van der Waals surface area contributed by atoms with Gasteiger partial charge in [-0.15, -0.1) is 0 Å². The second kappa shape index (κ2) is 9.73. The van der Waals surface area contributed by atoms with E-state index >= 15 is 0 Å². The SMILES string of the molecule is CN(CCCc1ccccc1)CC(=O)Nc1cccc(C(=O)N(C)C)c1. The van der Waals surface area contributed by atoms with Crippen molar-refractivity contribution < 1.29 is 9.59 Å². The van der Waals surface area contributed by atoms with Crippen molar-refractivity contribution in [1.82, 2.24) is 9.80 Å². The van der Waals surface area contributed by atoms with E-state index in [2.05, 4.69) is 17.4 Å². The lowest BCUT2D eigenvalue weighted by Gasteiger charge is -2.16. The highest BCUT2D eigenvalue weighted by Crippen LogP contribution is 2.12. The lowest BCUT2D eigenvalue weighted by atomic mass is 10.1. The van der Waals surface area contributed by atoms with Crippen LogP contribution in [0.2, 0.25) is 0 Å². The molecule has 0 saturated heterocycles. The molecule has 0 fully saturated rings. The van der Waals surface area contributed by atoms with Crippen LogP contribution in [-0.2, 0) is 11.2 Å². The van der Waals surface area contributed by atoms with Crippen LogP contribution >= 0.6 is 0 Å². The van der Waals surface area contributed by atoms with E-state index in [-0.39, 0.29) is 11.8 Å². The summed E-state index contributed by atoms with van der Waals surface area (Å²) in [6.45, 7) is 1.17. The monoisotopic (exact) mass is 353 g/mol. The molecule has 0 aliphatic heterocycles. The average molecular weight is 353 g/mol. The minimum atomic E-state index is -0.0841. The third-order valence-electron chi connectivity index (χ3n) is 4.06. The van der Waals surface area contributed by atoms with E-state index < -0.39 is 0 Å². The number of nitrogens with one attached hydrogen (secondary N) is 1. The van der Waals surface area contributed by atoms with Crippen LogP contribution in [0.5, 0.6) is 0 Å². The fraction of sp³-hybridized carbons (Fsp3) is 0.333. The first-order chi connectivity index (χ1) is 12.5. The fourth-order valence-corrected chi connectivity index (χ4v) is 2.71. The highest BCUT2D eigenvalue weighted by Gasteiger charge is 2.10. The Morgan fingerprint density at radius 1 is 0.962 bits per heavy atom. The van der Waals surface area contributed by atoms with E-state index in [1.807, 2.05) is 30.1 Å². The molecule has 2 aromatic carbocycles. The Morgan fingerprint density at radius 2 is 1.69 bits per heavy atom. The maximum atomic E-state index is 12.2. The van der Waals surface area contributed by atoms with Gasteiger partial charge in [-0.2, -0.15) is 0 Å². The van der Waals surface area contributed by atoms with E-state index in [9.17, 15) is 9.59 Å². The number of benzene rings is 2. The van der Waals surface area contributed by atoms with Crippen LogP contribution in [0.15, 0.2) is 54.6 Å². The van der Waals surface area contributed by atoms with E-state index in [1.165, 1.54) is 10.5 Å². The van der Waals surface area contributed by atoms with Gasteiger partial charge in [-0.25, -0.2) is 0 Å². The van der Waals surface area contributed by atoms with Gasteiger partial charge in [0.1, 0.15) is 0 Å². The molecule has 0 atom stereocenters. The molecule has 5 nitrogen and oxygen atoms in total. The van der Waals surface area contributed by atoms with Gasteiger partial charge in [-0.05, 0) is 50.2 Å². The highest BCUT2D eigenvalue weighted by atomic mass is 16.2. The zero-order valence-electron chi connectivity index (χ0n) is 15.7. The zero-order chi connectivity index (χ0) is 18.9. The van der Waals surface area contributed by atoms with Crippen LogP contribution in [0.4, 0.5) is 5.69 Å². The highest BCUT2D eigenvalue weighted by molar-refractivity contribution is 5.97. The normalized spacial score (nSPS) is 10.6. The molecule has 26 heavy (non-hydrogen) atoms. The zero-order valence-corrected chi connectivity index (χ0v) is 15.7. The molecule has 0 unspecified atom stereocenters. The molecule has 5 heteroatoms. The van der Waals surface area contributed by atoms with Crippen molar-refractivity contribution in [3.63, 3.8) is 0 Å². The summed E-state index contributed by atoms with van der Waals surface area (Å²) in [5.74, 6) is -0.166. The van der Waals surface area contributed by atoms with Gasteiger partial charge in [-0.1, -0.05) is 36.4 Å². The molecule has 0 aliphatic carbocycles. The van der Waals surface area contributed by atoms with Gasteiger partial charge in [0.05, 0.1) is 6.54 Å². The number of hydrogen-bond acceptors (Lipinski definition) is 3. The average Bonchev–Trinajstić information content (AvgIpc) is 2.62. The van der Waals surface area contributed by atoms with Gasteiger partial charge in [-0.3, -0.25) is 14.5 Å². The van der Waals surface area contributed by atoms with Crippen LogP contribution in [0, 0.1) is 0 Å². The molecule has 2 aromatic rings. The molecule has 0 saturated carbocycles. The summed E-state index contributed by atoms with van der Waals surface area (Å²) in [4.78, 5) is 27.7. The van der Waals surface area contributed by atoms with Gasteiger partial charge in [0.15, 0.2) is 0 Å². The van der Waals surface area contributed by atoms with E-state index in [1.54, 1.807) is 38.4 Å². The first kappa shape index (κ1) is 19.7. The van der Waals surface area contributed by atoms with Crippen molar-refractivity contribution in [2.24, 2.45) is 0 Å². The van der Waals surface area contributed by atoms with E-state index in [0.717, 1.165) is 19.4 Å². The summed E-state index contributed by atoms with van der Waals surface area (Å²) in [7, 11) is 5.35. The maximum absolute atomic E-state index is 12.2. The van der Waals surface area contributed by atoms with Crippen LogP contribution in [-0.4, -0.2) is 55.8 Å². The lowest BCUT2D eigenvalue weighted by Crippen LogP contribution is -2.31. The molecule has 0 radical (unpaired) electrons. The van der Waals surface area contributed by atoms with Gasteiger partial charge < -0.3 is 10.2 Å². The number of nitrogens with zero attached hydrogens (tertiary/aromatic N) is 2. The summed E-state index contributed by atoms with van der Waals surface area (Å²) in [5.41, 5.74) is 2.51. The van der Waals surface area contributed by atoms with Crippen molar-refractivity contribution in [3.8, 4) is 0 Å². The predicted molar refractivity (Wildman–Crippen MR) is 105 cm³/mol. The Balaban J connectivity index is 1.79. The summed E-state index contributed by atoms with van der Waals surface area (Å²) >= 11 is 0. The second-order valence-corrected chi connectivity index (χ2v) is 6.66. The standard InChI is InChI=1S/C21H27N3O2/c1-23(2)21(26)18-12-7-13-19(15-18)22-20(25)16-24(3)14-8-11-17-9-5-4-6-10-17/h4-7,9-10,12-13,15H,8,11,14,16H2,1-3H3,(H,22,25). The predicted octanol–water partition coefficient (Wildman–Crippen LogP) is 2.89. The van der Waals surface area contributed by atoms with Gasteiger partial charge in [0.2, 0.25) is 5.91 Å². The number of amides is 2. The van der Waals surface area contributed by atoms with E-state index in [4.69, 9.17) is 0 Å². The van der Waals surface area contributed by atoms with Crippen molar-refractivity contribution in [1.29, 1.82) is 0 Å². The number of hydrogen-bond donors (Lipinski definition) is 1. The molecule has 1 N–H and O–H groups in total. The smallest absolute Gasteiger partial charge is 0.253 e. The number of aryl methyl sites for hydroxylation is 1. The Hall–Kier alpha value is -2.66. The van der Waals surface area contributed by atoms with Gasteiger partial charge in [0, 0.05) is 25.3 Å². The van der Waals surface area contributed by atoms with E-state index in [0.29, 0.717) is 17.8 Å². The van der Waals surface area contributed by atoms with Crippen LogP contribution in [0.25, 0.3) is 0 Å². The lowest BCUT2D eigenvalue weighted by molar-refractivity contribution is -0.117.